The summed E-state index contributed by atoms with van der Waals surface area (Å²) in [6, 6.07) is 2.19. The molecule has 1 heterocycles. The van der Waals surface area contributed by atoms with Crippen LogP contribution in [0.2, 0.25) is 0 Å². The lowest BCUT2D eigenvalue weighted by Crippen LogP contribution is -2.32. The van der Waals surface area contributed by atoms with Crippen molar-refractivity contribution in [1.82, 2.24) is 10.3 Å². The maximum atomic E-state index is 5.17. The van der Waals surface area contributed by atoms with Gasteiger partial charge < -0.3 is 19.7 Å². The second-order valence-electron chi connectivity index (χ2n) is 4.74. The predicted octanol–water partition coefficient (Wildman–Crippen LogP) is 1.60. The van der Waals surface area contributed by atoms with Gasteiger partial charge in [0.05, 0.1) is 13.2 Å². The normalized spacial score (nSPS) is 10.8. The average molecular weight is 281 g/mol. The Morgan fingerprint density at radius 3 is 2.35 bits per heavy atom. The summed E-state index contributed by atoms with van der Waals surface area (Å²) in [5.41, 5.74) is 2.40. The number of hydrogen-bond acceptors (Lipinski definition) is 5. The van der Waals surface area contributed by atoms with Crippen LogP contribution < -0.4 is 10.2 Å². The van der Waals surface area contributed by atoms with Gasteiger partial charge in [0.25, 0.3) is 0 Å². The summed E-state index contributed by atoms with van der Waals surface area (Å²) >= 11 is 0. The van der Waals surface area contributed by atoms with E-state index in [4.69, 9.17) is 9.47 Å². The fourth-order valence-corrected chi connectivity index (χ4v) is 2.05. The Morgan fingerprint density at radius 2 is 1.85 bits per heavy atom. The van der Waals surface area contributed by atoms with Gasteiger partial charge in [0.15, 0.2) is 0 Å². The van der Waals surface area contributed by atoms with Crippen molar-refractivity contribution in [3.05, 3.63) is 23.4 Å². The maximum absolute atomic E-state index is 5.17. The topological polar surface area (TPSA) is 46.6 Å². The highest BCUT2D eigenvalue weighted by Gasteiger charge is 2.11. The predicted molar refractivity (Wildman–Crippen MR) is 82.3 cm³/mol. The van der Waals surface area contributed by atoms with Crippen LogP contribution in [0.15, 0.2) is 12.3 Å². The van der Waals surface area contributed by atoms with Crippen LogP contribution in [0.25, 0.3) is 0 Å². The van der Waals surface area contributed by atoms with E-state index in [1.54, 1.807) is 14.2 Å². The molecule has 5 nitrogen and oxygen atoms in total. The first-order valence-corrected chi connectivity index (χ1v) is 7.12. The Hall–Kier alpha value is -1.17. The highest BCUT2D eigenvalue weighted by Crippen LogP contribution is 2.17. The molecule has 1 rings (SSSR count). The first kappa shape index (κ1) is 16.9. The molecular weight excluding hydrogens is 254 g/mol. The van der Waals surface area contributed by atoms with Gasteiger partial charge in [-0.25, -0.2) is 4.98 Å². The van der Waals surface area contributed by atoms with Gasteiger partial charge in [-0.2, -0.15) is 0 Å². The minimum Gasteiger partial charge on any atom is -0.383 e. The second kappa shape index (κ2) is 9.69. The molecule has 0 bridgehead atoms. The molecule has 1 aromatic heterocycles. The molecule has 0 radical (unpaired) electrons. The van der Waals surface area contributed by atoms with Crippen molar-refractivity contribution >= 4 is 5.82 Å². The Balaban J connectivity index is 2.78. The van der Waals surface area contributed by atoms with Crippen molar-refractivity contribution in [1.29, 1.82) is 0 Å². The third-order valence-corrected chi connectivity index (χ3v) is 3.12. The molecule has 0 saturated carbocycles. The van der Waals surface area contributed by atoms with E-state index in [2.05, 4.69) is 35.1 Å². The van der Waals surface area contributed by atoms with Gasteiger partial charge >= 0.3 is 0 Å². The highest BCUT2D eigenvalue weighted by molar-refractivity contribution is 5.47. The number of ether oxygens (including phenoxy) is 2. The number of pyridine rings is 1. The number of anilines is 1. The molecule has 1 aromatic rings. The van der Waals surface area contributed by atoms with E-state index in [-0.39, 0.29) is 0 Å². The monoisotopic (exact) mass is 281 g/mol. The number of rotatable bonds is 10. The van der Waals surface area contributed by atoms with E-state index >= 15 is 0 Å². The van der Waals surface area contributed by atoms with Crippen LogP contribution in [0, 0.1) is 6.92 Å². The molecule has 20 heavy (non-hydrogen) atoms. The minimum atomic E-state index is 0.684. The van der Waals surface area contributed by atoms with Gasteiger partial charge in [-0.1, -0.05) is 6.92 Å². The fourth-order valence-electron chi connectivity index (χ4n) is 2.05. The van der Waals surface area contributed by atoms with Crippen LogP contribution in [-0.4, -0.2) is 52.1 Å². The zero-order valence-electron chi connectivity index (χ0n) is 13.1. The molecule has 0 amide bonds. The molecular formula is C15H27N3O2. The zero-order valence-corrected chi connectivity index (χ0v) is 13.1. The molecule has 0 fully saturated rings. The lowest BCUT2D eigenvalue weighted by atomic mass is 10.2. The molecule has 0 spiro atoms. The summed E-state index contributed by atoms with van der Waals surface area (Å²) in [5.74, 6) is 1.01. The van der Waals surface area contributed by atoms with Crippen molar-refractivity contribution in [2.75, 3.05) is 52.0 Å². The summed E-state index contributed by atoms with van der Waals surface area (Å²) in [6.07, 6.45) is 1.94. The van der Waals surface area contributed by atoms with Gasteiger partial charge in [-0.3, -0.25) is 0 Å². The molecule has 0 unspecified atom stereocenters. The highest BCUT2D eigenvalue weighted by atomic mass is 16.5. The van der Waals surface area contributed by atoms with Crippen molar-refractivity contribution in [3.63, 3.8) is 0 Å². The van der Waals surface area contributed by atoms with Gasteiger partial charge in [-0.15, -0.1) is 0 Å². The molecule has 5 heteroatoms. The van der Waals surface area contributed by atoms with Crippen molar-refractivity contribution in [3.8, 4) is 0 Å². The molecule has 0 aliphatic rings. The number of nitrogens with one attached hydrogen (secondary N) is 1. The van der Waals surface area contributed by atoms with Gasteiger partial charge in [0, 0.05) is 40.1 Å². The van der Waals surface area contributed by atoms with Crippen LogP contribution in [0.1, 0.15) is 18.1 Å². The van der Waals surface area contributed by atoms with E-state index in [0.717, 1.165) is 32.0 Å². The molecule has 0 aliphatic heterocycles. The van der Waals surface area contributed by atoms with Gasteiger partial charge in [-0.05, 0) is 30.7 Å². The SMILES string of the molecule is CCNCc1cnc(N(CCOC)CCOC)c(C)c1. The van der Waals surface area contributed by atoms with Crippen molar-refractivity contribution in [2.24, 2.45) is 0 Å². The third-order valence-electron chi connectivity index (χ3n) is 3.12. The van der Waals surface area contributed by atoms with Crippen molar-refractivity contribution in [2.45, 2.75) is 20.4 Å². The van der Waals surface area contributed by atoms with E-state index in [1.165, 1.54) is 11.1 Å². The zero-order chi connectivity index (χ0) is 14.8. The average Bonchev–Trinajstić information content (AvgIpc) is 2.46. The Bertz CT molecular complexity index is 377. The Labute approximate surface area is 122 Å². The van der Waals surface area contributed by atoms with Crippen molar-refractivity contribution < 1.29 is 9.47 Å². The van der Waals surface area contributed by atoms with E-state index in [0.29, 0.717) is 13.2 Å². The third kappa shape index (κ3) is 5.45. The number of methoxy groups -OCH3 is 2. The van der Waals surface area contributed by atoms with Crippen LogP contribution in [-0.2, 0) is 16.0 Å². The standard InChI is InChI=1S/C15H27N3O2/c1-5-16-11-14-10-13(2)15(17-12-14)18(6-8-19-3)7-9-20-4/h10,12,16H,5-9,11H2,1-4H3. The lowest BCUT2D eigenvalue weighted by Gasteiger charge is -2.25. The summed E-state index contributed by atoms with van der Waals surface area (Å²) in [7, 11) is 3.43. The summed E-state index contributed by atoms with van der Waals surface area (Å²) < 4.78 is 10.3. The Kier molecular flexibility index (Phi) is 8.18. The van der Waals surface area contributed by atoms with Gasteiger partial charge in [0.2, 0.25) is 0 Å². The summed E-state index contributed by atoms with van der Waals surface area (Å²) in [4.78, 5) is 6.82. The van der Waals surface area contributed by atoms with Gasteiger partial charge in [0.1, 0.15) is 5.82 Å². The number of nitrogens with zero attached hydrogens (tertiary/aromatic N) is 2. The fraction of sp³-hybridized carbons (Fsp3) is 0.667. The second-order valence-corrected chi connectivity index (χ2v) is 4.74. The van der Waals surface area contributed by atoms with E-state index in [1.807, 2.05) is 6.20 Å². The number of hydrogen-bond donors (Lipinski definition) is 1. The summed E-state index contributed by atoms with van der Waals surface area (Å²) in [5, 5.41) is 3.32. The van der Waals surface area contributed by atoms with Crippen LogP contribution >= 0.6 is 0 Å². The summed E-state index contributed by atoms with van der Waals surface area (Å²) in [6.45, 7) is 9.04. The molecule has 114 valence electrons. The quantitative estimate of drug-likeness (QED) is 0.706. The minimum absolute atomic E-state index is 0.684. The molecule has 0 aliphatic carbocycles. The molecule has 1 N–H and O–H groups in total. The van der Waals surface area contributed by atoms with Crippen LogP contribution in [0.5, 0.6) is 0 Å². The first-order chi connectivity index (χ1) is 9.72. The molecule has 0 aromatic carbocycles. The molecule has 0 atom stereocenters. The van der Waals surface area contributed by atoms with Crippen LogP contribution in [0.3, 0.4) is 0 Å². The first-order valence-electron chi connectivity index (χ1n) is 7.12. The lowest BCUT2D eigenvalue weighted by molar-refractivity contribution is 0.190. The largest absolute Gasteiger partial charge is 0.383 e. The number of aromatic nitrogens is 1. The maximum Gasteiger partial charge on any atom is 0.131 e. The van der Waals surface area contributed by atoms with Crippen LogP contribution in [0.4, 0.5) is 5.82 Å². The molecule has 0 saturated heterocycles. The number of aryl methyl sites for hydroxylation is 1. The van der Waals surface area contributed by atoms with E-state index in [9.17, 15) is 0 Å². The smallest absolute Gasteiger partial charge is 0.131 e. The van der Waals surface area contributed by atoms with E-state index < -0.39 is 0 Å². The Morgan fingerprint density at radius 1 is 1.20 bits per heavy atom.